The summed E-state index contributed by atoms with van der Waals surface area (Å²) in [6.07, 6.45) is 5.66. The molecule has 2 rings (SSSR count). The van der Waals surface area contributed by atoms with E-state index in [4.69, 9.17) is 10.7 Å². The third-order valence-corrected chi connectivity index (χ3v) is 3.37. The number of nitrogens with zero attached hydrogens (tertiary/aromatic N) is 4. The van der Waals surface area contributed by atoms with Gasteiger partial charge in [-0.1, -0.05) is 27.7 Å². The number of imidazole rings is 2. The average Bonchev–Trinajstić information content (AvgIpc) is 2.96. The molecule has 0 aromatic carbocycles. The summed E-state index contributed by atoms with van der Waals surface area (Å²) in [5.41, 5.74) is 8.23. The number of aromatic nitrogens is 4. The Balaban J connectivity index is 2.46. The molecular weight excluding hydrogens is 250 g/mol. The smallest absolute Gasteiger partial charge is 0.133 e. The molecule has 2 N–H and O–H groups in total. The summed E-state index contributed by atoms with van der Waals surface area (Å²) in [5.74, 6) is 2.36. The van der Waals surface area contributed by atoms with Gasteiger partial charge in [-0.2, -0.15) is 0 Å². The van der Waals surface area contributed by atoms with Crippen LogP contribution in [0, 0.1) is 5.92 Å². The van der Waals surface area contributed by atoms with Crippen molar-refractivity contribution in [1.29, 1.82) is 0 Å². The second-order valence-corrected chi connectivity index (χ2v) is 5.59. The van der Waals surface area contributed by atoms with Gasteiger partial charge >= 0.3 is 0 Å². The lowest BCUT2D eigenvalue weighted by molar-refractivity contribution is 0.513. The molecule has 2 heterocycles. The first kappa shape index (κ1) is 14.6. The van der Waals surface area contributed by atoms with Crippen molar-refractivity contribution in [2.24, 2.45) is 5.92 Å². The fraction of sp³-hybridized carbons (Fsp3) is 0.600. The fourth-order valence-electron chi connectivity index (χ4n) is 2.48. The molecule has 0 amide bonds. The minimum atomic E-state index is 0.546. The van der Waals surface area contributed by atoms with E-state index in [1.54, 1.807) is 0 Å². The Labute approximate surface area is 120 Å². The Bertz CT molecular complexity index is 565. The third kappa shape index (κ3) is 2.71. The molecule has 0 atom stereocenters. The van der Waals surface area contributed by atoms with Gasteiger partial charge in [-0.25, -0.2) is 9.97 Å². The number of rotatable bonds is 6. The van der Waals surface area contributed by atoms with Gasteiger partial charge in [0.25, 0.3) is 0 Å². The summed E-state index contributed by atoms with van der Waals surface area (Å²) >= 11 is 0. The van der Waals surface area contributed by atoms with E-state index in [1.807, 2.05) is 12.5 Å². The van der Waals surface area contributed by atoms with Crippen LogP contribution in [0.25, 0.3) is 11.4 Å². The predicted molar refractivity (Wildman–Crippen MR) is 82.4 cm³/mol. The highest BCUT2D eigenvalue weighted by Gasteiger charge is 2.18. The van der Waals surface area contributed by atoms with Gasteiger partial charge in [-0.05, 0) is 12.3 Å². The third-order valence-electron chi connectivity index (χ3n) is 3.37. The van der Waals surface area contributed by atoms with Crippen LogP contribution < -0.4 is 5.73 Å². The van der Waals surface area contributed by atoms with Gasteiger partial charge in [0.2, 0.25) is 0 Å². The number of aryl methyl sites for hydroxylation is 2. The molecule has 0 unspecified atom stereocenters. The molecular formula is C15H25N5. The van der Waals surface area contributed by atoms with Crippen LogP contribution in [0.15, 0.2) is 12.5 Å². The van der Waals surface area contributed by atoms with Crippen LogP contribution in [-0.4, -0.2) is 19.1 Å². The predicted octanol–water partition coefficient (Wildman–Crippen LogP) is 2.96. The maximum absolute atomic E-state index is 6.34. The number of hydrogen-bond donors (Lipinski definition) is 1. The van der Waals surface area contributed by atoms with Gasteiger partial charge in [0, 0.05) is 19.5 Å². The van der Waals surface area contributed by atoms with Gasteiger partial charge in [0.05, 0.1) is 18.2 Å². The Hall–Kier alpha value is -1.78. The molecule has 0 saturated heterocycles. The maximum atomic E-state index is 6.34. The number of nitrogen functional groups attached to an aromatic ring is 1. The monoisotopic (exact) mass is 275 g/mol. The lowest BCUT2D eigenvalue weighted by atomic mass is 10.2. The van der Waals surface area contributed by atoms with Crippen molar-refractivity contribution in [3.63, 3.8) is 0 Å². The van der Waals surface area contributed by atoms with Crippen molar-refractivity contribution in [2.75, 3.05) is 5.73 Å². The largest absolute Gasteiger partial charge is 0.383 e. The molecule has 0 spiro atoms. The molecule has 0 fully saturated rings. The molecule has 0 aliphatic heterocycles. The average molecular weight is 275 g/mol. The van der Waals surface area contributed by atoms with Crippen molar-refractivity contribution in [2.45, 2.75) is 53.6 Å². The van der Waals surface area contributed by atoms with Crippen LogP contribution in [-0.2, 0) is 19.5 Å². The minimum Gasteiger partial charge on any atom is -0.383 e. The number of hydrogen-bond acceptors (Lipinski definition) is 3. The molecule has 5 nitrogen and oxygen atoms in total. The van der Waals surface area contributed by atoms with Gasteiger partial charge in [-0.15, -0.1) is 0 Å². The Morgan fingerprint density at radius 1 is 1.30 bits per heavy atom. The highest BCUT2D eigenvalue weighted by atomic mass is 15.2. The summed E-state index contributed by atoms with van der Waals surface area (Å²) < 4.78 is 4.27. The van der Waals surface area contributed by atoms with Crippen LogP contribution in [0.1, 0.15) is 39.9 Å². The normalized spacial score (nSPS) is 11.4. The van der Waals surface area contributed by atoms with Crippen LogP contribution >= 0.6 is 0 Å². The van der Waals surface area contributed by atoms with E-state index in [-0.39, 0.29) is 0 Å². The molecule has 0 bridgehead atoms. The molecule has 2 aromatic heterocycles. The van der Waals surface area contributed by atoms with E-state index >= 15 is 0 Å². The number of nitrogens with two attached hydrogens (primary N) is 1. The van der Waals surface area contributed by atoms with Gasteiger partial charge in [-0.3, -0.25) is 0 Å². The minimum absolute atomic E-state index is 0.546. The molecule has 110 valence electrons. The second-order valence-electron chi connectivity index (χ2n) is 5.59. The van der Waals surface area contributed by atoms with Gasteiger partial charge < -0.3 is 14.9 Å². The first-order valence-electron chi connectivity index (χ1n) is 7.43. The van der Waals surface area contributed by atoms with Crippen LogP contribution in [0.5, 0.6) is 0 Å². The quantitative estimate of drug-likeness (QED) is 0.881. The first-order valence-corrected chi connectivity index (χ1v) is 7.43. The summed E-state index contributed by atoms with van der Waals surface area (Å²) in [7, 11) is 0. The van der Waals surface area contributed by atoms with E-state index in [0.717, 1.165) is 49.0 Å². The van der Waals surface area contributed by atoms with Crippen LogP contribution in [0.3, 0.4) is 0 Å². The highest BCUT2D eigenvalue weighted by Crippen LogP contribution is 2.27. The summed E-state index contributed by atoms with van der Waals surface area (Å²) in [6, 6.07) is 0. The molecule has 0 aliphatic rings. The molecule has 0 radical (unpaired) electrons. The van der Waals surface area contributed by atoms with Crippen molar-refractivity contribution in [3.8, 4) is 11.4 Å². The fourth-order valence-corrected chi connectivity index (χ4v) is 2.48. The van der Waals surface area contributed by atoms with Crippen molar-refractivity contribution >= 4 is 5.82 Å². The van der Waals surface area contributed by atoms with E-state index in [0.29, 0.717) is 5.92 Å². The molecule has 0 saturated carbocycles. The van der Waals surface area contributed by atoms with Gasteiger partial charge in [0.1, 0.15) is 17.3 Å². The number of anilines is 1. The zero-order chi connectivity index (χ0) is 14.7. The summed E-state index contributed by atoms with van der Waals surface area (Å²) in [5, 5.41) is 0. The molecule has 2 aromatic rings. The molecule has 20 heavy (non-hydrogen) atoms. The van der Waals surface area contributed by atoms with Crippen LogP contribution in [0.4, 0.5) is 5.82 Å². The standard InChI is InChI=1S/C15H25N5/c1-5-7-19-10-17-8-12(19)14-15(16)20(9-11(3)4)13(6-2)18-14/h8,10-11H,5-7,9,16H2,1-4H3. The first-order chi connectivity index (χ1) is 9.58. The Kier molecular flexibility index (Phi) is 4.47. The second kappa shape index (κ2) is 6.11. The SMILES string of the molecule is CCCn1cncc1-c1nc(CC)n(CC(C)C)c1N. The zero-order valence-electron chi connectivity index (χ0n) is 12.9. The Morgan fingerprint density at radius 3 is 2.65 bits per heavy atom. The zero-order valence-corrected chi connectivity index (χ0v) is 12.9. The maximum Gasteiger partial charge on any atom is 0.133 e. The summed E-state index contributed by atoms with van der Waals surface area (Å²) in [6.45, 7) is 10.5. The van der Waals surface area contributed by atoms with Crippen molar-refractivity contribution < 1.29 is 0 Å². The van der Waals surface area contributed by atoms with Crippen molar-refractivity contribution in [3.05, 3.63) is 18.3 Å². The van der Waals surface area contributed by atoms with E-state index < -0.39 is 0 Å². The topological polar surface area (TPSA) is 61.7 Å². The van der Waals surface area contributed by atoms with Gasteiger partial charge in [0.15, 0.2) is 0 Å². The Morgan fingerprint density at radius 2 is 2.05 bits per heavy atom. The van der Waals surface area contributed by atoms with Crippen molar-refractivity contribution in [1.82, 2.24) is 19.1 Å². The van der Waals surface area contributed by atoms with E-state index in [1.165, 1.54) is 0 Å². The van der Waals surface area contributed by atoms with Crippen LogP contribution in [0.2, 0.25) is 0 Å². The molecule has 5 heteroatoms. The molecule has 0 aliphatic carbocycles. The summed E-state index contributed by atoms with van der Waals surface area (Å²) in [4.78, 5) is 8.99. The lowest BCUT2D eigenvalue weighted by Gasteiger charge is -2.11. The highest BCUT2D eigenvalue weighted by molar-refractivity contribution is 5.68. The lowest BCUT2D eigenvalue weighted by Crippen LogP contribution is -2.11. The van der Waals surface area contributed by atoms with E-state index in [9.17, 15) is 0 Å². The van der Waals surface area contributed by atoms with E-state index in [2.05, 4.69) is 41.8 Å².